The lowest BCUT2D eigenvalue weighted by Gasteiger charge is -2.38. The minimum atomic E-state index is -1.14. The van der Waals surface area contributed by atoms with E-state index >= 15 is 0 Å². The average Bonchev–Trinajstić information content (AvgIpc) is 3.35. The highest BCUT2D eigenvalue weighted by Crippen LogP contribution is 2.45. The molecule has 0 aromatic heterocycles. The number of carboxylic acids is 1. The molecule has 0 bridgehead atoms. The van der Waals surface area contributed by atoms with Crippen LogP contribution in [0.15, 0.2) is 24.3 Å². The van der Waals surface area contributed by atoms with E-state index in [1.54, 1.807) is 12.1 Å². The summed E-state index contributed by atoms with van der Waals surface area (Å²) in [5.41, 5.74) is 0.976. The number of carboxylic acid groups (broad SMARTS) is 1. The third kappa shape index (κ3) is 4.10. The fourth-order valence-electron chi connectivity index (χ4n) is 5.51. The fraction of sp³-hybridized carbons (Fsp3) is 0.583. The SMILES string of the molecule is CC(C)c1ccc(N2C(=O)N[C@@H]3CCN(C(=O)CC4(CC(=O)[O-])CCCC4)[C@@H]3C2=O)cc1. The van der Waals surface area contributed by atoms with E-state index in [2.05, 4.69) is 19.2 Å². The number of aliphatic carboxylic acids is 1. The van der Waals surface area contributed by atoms with Gasteiger partial charge in [-0.2, -0.15) is 0 Å². The number of hydrogen-bond donors (Lipinski definition) is 1. The second-order valence-corrected chi connectivity index (χ2v) is 9.73. The Morgan fingerprint density at radius 3 is 2.38 bits per heavy atom. The summed E-state index contributed by atoms with van der Waals surface area (Å²) in [6, 6.07) is 5.62. The van der Waals surface area contributed by atoms with Gasteiger partial charge < -0.3 is 20.1 Å². The molecule has 0 unspecified atom stereocenters. The summed E-state index contributed by atoms with van der Waals surface area (Å²) >= 11 is 0. The number of rotatable bonds is 6. The zero-order chi connectivity index (χ0) is 23.0. The van der Waals surface area contributed by atoms with Crippen molar-refractivity contribution in [2.45, 2.75) is 76.8 Å². The molecular weight excluding hydrogens is 410 g/mol. The zero-order valence-electron chi connectivity index (χ0n) is 18.6. The van der Waals surface area contributed by atoms with Crippen molar-refractivity contribution in [2.24, 2.45) is 5.41 Å². The van der Waals surface area contributed by atoms with Crippen molar-refractivity contribution < 1.29 is 24.3 Å². The van der Waals surface area contributed by atoms with Gasteiger partial charge >= 0.3 is 6.03 Å². The Bertz CT molecular complexity index is 920. The largest absolute Gasteiger partial charge is 0.550 e. The highest BCUT2D eigenvalue weighted by atomic mass is 16.4. The van der Waals surface area contributed by atoms with Crippen LogP contribution in [-0.4, -0.2) is 47.3 Å². The molecule has 2 heterocycles. The number of hydrogen-bond acceptors (Lipinski definition) is 5. The first-order valence-electron chi connectivity index (χ1n) is 11.4. The third-order valence-electron chi connectivity index (χ3n) is 7.23. The van der Waals surface area contributed by atoms with E-state index in [9.17, 15) is 24.3 Å². The summed E-state index contributed by atoms with van der Waals surface area (Å²) in [4.78, 5) is 53.3. The summed E-state index contributed by atoms with van der Waals surface area (Å²) in [5, 5.41) is 14.2. The van der Waals surface area contributed by atoms with Gasteiger partial charge in [-0.25, -0.2) is 9.69 Å². The topological polar surface area (TPSA) is 110 Å². The molecule has 1 aliphatic carbocycles. The first kappa shape index (κ1) is 22.3. The van der Waals surface area contributed by atoms with E-state index in [0.29, 0.717) is 37.4 Å². The minimum absolute atomic E-state index is 0.0918. The quantitative estimate of drug-likeness (QED) is 0.727. The number of imide groups is 1. The number of nitrogens with zero attached hydrogens (tertiary/aromatic N) is 2. The minimum Gasteiger partial charge on any atom is -0.550 e. The molecule has 1 aromatic carbocycles. The molecule has 32 heavy (non-hydrogen) atoms. The lowest BCUT2D eigenvalue weighted by Crippen LogP contribution is -2.65. The Labute approximate surface area is 187 Å². The van der Waals surface area contributed by atoms with E-state index in [-0.39, 0.29) is 18.7 Å². The van der Waals surface area contributed by atoms with Crippen molar-refractivity contribution in [3.63, 3.8) is 0 Å². The molecule has 0 spiro atoms. The summed E-state index contributed by atoms with van der Waals surface area (Å²) < 4.78 is 0. The van der Waals surface area contributed by atoms with Crippen molar-refractivity contribution in [3.05, 3.63) is 29.8 Å². The molecule has 2 saturated heterocycles. The molecular formula is C24H30N3O5-. The Balaban J connectivity index is 1.54. The number of benzene rings is 1. The second-order valence-electron chi connectivity index (χ2n) is 9.73. The summed E-state index contributed by atoms with van der Waals surface area (Å²) in [5.74, 6) is -1.45. The monoisotopic (exact) mass is 440 g/mol. The molecule has 2 atom stereocenters. The second kappa shape index (κ2) is 8.56. The number of amides is 4. The zero-order valence-corrected chi connectivity index (χ0v) is 18.6. The molecule has 0 radical (unpaired) electrons. The van der Waals surface area contributed by atoms with Crippen LogP contribution in [0.25, 0.3) is 0 Å². The van der Waals surface area contributed by atoms with E-state index in [4.69, 9.17) is 0 Å². The van der Waals surface area contributed by atoms with Gasteiger partial charge in [0.15, 0.2) is 0 Å². The molecule has 8 heteroatoms. The maximum atomic E-state index is 13.4. The lowest BCUT2D eigenvalue weighted by molar-refractivity contribution is -0.308. The van der Waals surface area contributed by atoms with Gasteiger partial charge in [-0.15, -0.1) is 0 Å². The summed E-state index contributed by atoms with van der Waals surface area (Å²) in [6.45, 7) is 4.50. The van der Waals surface area contributed by atoms with Crippen LogP contribution in [0.1, 0.15) is 70.3 Å². The van der Waals surface area contributed by atoms with Crippen LogP contribution < -0.4 is 15.3 Å². The number of anilines is 1. The highest BCUT2D eigenvalue weighted by molar-refractivity contribution is 6.19. The Morgan fingerprint density at radius 1 is 1.12 bits per heavy atom. The highest BCUT2D eigenvalue weighted by Gasteiger charge is 2.50. The first-order valence-corrected chi connectivity index (χ1v) is 11.4. The van der Waals surface area contributed by atoms with Crippen LogP contribution in [0.5, 0.6) is 0 Å². The Morgan fingerprint density at radius 2 is 1.78 bits per heavy atom. The predicted octanol–water partition coefficient (Wildman–Crippen LogP) is 1.93. The number of urea groups is 1. The maximum Gasteiger partial charge on any atom is 0.329 e. The van der Waals surface area contributed by atoms with Gasteiger partial charge in [-0.1, -0.05) is 38.8 Å². The number of carbonyl (C=O) groups excluding carboxylic acids is 4. The predicted molar refractivity (Wildman–Crippen MR) is 116 cm³/mol. The number of carbonyl (C=O) groups is 4. The first-order chi connectivity index (χ1) is 15.2. The smallest absolute Gasteiger partial charge is 0.329 e. The number of likely N-dealkylation sites (tertiary alicyclic amines) is 1. The van der Waals surface area contributed by atoms with E-state index in [1.165, 1.54) is 4.90 Å². The van der Waals surface area contributed by atoms with Crippen molar-refractivity contribution >= 4 is 29.5 Å². The van der Waals surface area contributed by atoms with Crippen molar-refractivity contribution in [1.29, 1.82) is 0 Å². The van der Waals surface area contributed by atoms with Crippen molar-refractivity contribution in [2.75, 3.05) is 11.4 Å². The van der Waals surface area contributed by atoms with Crippen LogP contribution in [0.4, 0.5) is 10.5 Å². The van der Waals surface area contributed by atoms with Gasteiger partial charge in [0.2, 0.25) is 5.91 Å². The fourth-order valence-corrected chi connectivity index (χ4v) is 5.51. The Kier molecular flexibility index (Phi) is 5.97. The van der Waals surface area contributed by atoms with Gasteiger partial charge in [0.05, 0.1) is 11.7 Å². The van der Waals surface area contributed by atoms with Crippen molar-refractivity contribution in [3.8, 4) is 0 Å². The molecule has 3 fully saturated rings. The average molecular weight is 441 g/mol. The van der Waals surface area contributed by atoms with E-state index in [1.807, 2.05) is 12.1 Å². The molecule has 3 aliphatic rings. The molecule has 8 nitrogen and oxygen atoms in total. The Hall–Kier alpha value is -2.90. The van der Waals surface area contributed by atoms with Gasteiger partial charge in [-0.05, 0) is 54.7 Å². The van der Waals surface area contributed by atoms with Crippen LogP contribution in [0.2, 0.25) is 0 Å². The van der Waals surface area contributed by atoms with E-state index < -0.39 is 35.4 Å². The lowest BCUT2D eigenvalue weighted by atomic mass is 9.79. The van der Waals surface area contributed by atoms with Crippen LogP contribution in [-0.2, 0) is 14.4 Å². The van der Waals surface area contributed by atoms with Gasteiger partial charge in [0, 0.05) is 18.9 Å². The van der Waals surface area contributed by atoms with Crippen LogP contribution in [0, 0.1) is 5.41 Å². The summed E-state index contributed by atoms with van der Waals surface area (Å²) in [6.07, 6.45) is 3.58. The van der Waals surface area contributed by atoms with Crippen LogP contribution >= 0.6 is 0 Å². The number of nitrogens with one attached hydrogen (secondary N) is 1. The van der Waals surface area contributed by atoms with Gasteiger partial charge in [0.25, 0.3) is 5.91 Å². The molecule has 4 rings (SSSR count). The van der Waals surface area contributed by atoms with Crippen LogP contribution in [0.3, 0.4) is 0 Å². The van der Waals surface area contributed by atoms with Crippen molar-refractivity contribution in [1.82, 2.24) is 10.2 Å². The molecule has 172 valence electrons. The molecule has 1 saturated carbocycles. The molecule has 1 aromatic rings. The number of fused-ring (bicyclic) bond motifs is 1. The molecule has 2 aliphatic heterocycles. The molecule has 4 amide bonds. The van der Waals surface area contributed by atoms with Gasteiger partial charge in [-0.3, -0.25) is 9.59 Å². The summed E-state index contributed by atoms with van der Waals surface area (Å²) in [7, 11) is 0. The third-order valence-corrected chi connectivity index (χ3v) is 7.23. The normalized spacial score (nSPS) is 24.6. The maximum absolute atomic E-state index is 13.4. The molecule has 1 N–H and O–H groups in total. The van der Waals surface area contributed by atoms with E-state index in [0.717, 1.165) is 23.3 Å². The van der Waals surface area contributed by atoms with Gasteiger partial charge in [0.1, 0.15) is 6.04 Å². The standard InChI is InChI=1S/C24H31N3O5/c1-15(2)16-5-7-17(8-6-16)27-22(31)21-18(25-23(27)32)9-12-26(21)19(28)13-24(14-20(29)30)10-3-4-11-24/h5-8,15,18,21H,3-4,9-14H2,1-2H3,(H,25,32)(H,29,30)/p-1/t18-,21+/m1/s1.